The molecule has 1 aromatic heterocycles. The number of para-hydroxylation sites is 2. The van der Waals surface area contributed by atoms with Crippen molar-refractivity contribution >= 4 is 34.9 Å². The summed E-state index contributed by atoms with van der Waals surface area (Å²) in [6.45, 7) is 6.10. The lowest BCUT2D eigenvalue weighted by Crippen LogP contribution is -2.12. The number of anilines is 2. The molecule has 3 N–H and O–H groups in total. The van der Waals surface area contributed by atoms with E-state index in [0.29, 0.717) is 23.5 Å². The van der Waals surface area contributed by atoms with Gasteiger partial charge in [-0.05, 0) is 42.8 Å². The van der Waals surface area contributed by atoms with Gasteiger partial charge in [0.2, 0.25) is 0 Å². The third kappa shape index (κ3) is 4.33. The summed E-state index contributed by atoms with van der Waals surface area (Å²) in [5.41, 5.74) is 9.46. The van der Waals surface area contributed by atoms with Gasteiger partial charge < -0.3 is 11.1 Å². The first-order valence-corrected chi connectivity index (χ1v) is 8.46. The Bertz CT molecular complexity index is 1020. The minimum atomic E-state index is -0.211. The predicted molar refractivity (Wildman–Crippen MR) is 110 cm³/mol. The van der Waals surface area contributed by atoms with Crippen LogP contribution < -0.4 is 11.1 Å². The Hall–Kier alpha value is -3.61. The van der Waals surface area contributed by atoms with Gasteiger partial charge in [-0.1, -0.05) is 12.1 Å². The van der Waals surface area contributed by atoms with Crippen molar-refractivity contribution in [3.8, 4) is 0 Å². The van der Waals surface area contributed by atoms with E-state index in [-0.39, 0.29) is 5.91 Å². The molecular weight excluding hydrogens is 340 g/mol. The van der Waals surface area contributed by atoms with E-state index >= 15 is 0 Å². The highest BCUT2D eigenvalue weighted by molar-refractivity contribution is 6.07. The van der Waals surface area contributed by atoms with Crippen molar-refractivity contribution in [1.82, 2.24) is 14.8 Å². The number of nitrogens with zero attached hydrogens (tertiary/aromatic N) is 4. The molecule has 0 unspecified atom stereocenters. The topological polar surface area (TPSA) is 88.5 Å². The number of nitrogens with one attached hydrogen (secondary N) is 1. The van der Waals surface area contributed by atoms with Crippen LogP contribution in [0.3, 0.4) is 0 Å². The molecule has 2 aromatic carbocycles. The van der Waals surface area contributed by atoms with E-state index < -0.39 is 0 Å². The minimum absolute atomic E-state index is 0.211. The van der Waals surface area contributed by atoms with Crippen molar-refractivity contribution in [1.29, 1.82) is 0 Å². The smallest absolute Gasteiger partial charge is 0.255 e. The van der Waals surface area contributed by atoms with E-state index in [0.717, 1.165) is 16.5 Å². The van der Waals surface area contributed by atoms with Gasteiger partial charge in [0, 0.05) is 37.1 Å². The van der Waals surface area contributed by atoms with Crippen LogP contribution in [0.5, 0.6) is 0 Å². The molecule has 0 saturated carbocycles. The van der Waals surface area contributed by atoms with Crippen LogP contribution in [0.15, 0.2) is 65.5 Å². The van der Waals surface area contributed by atoms with Crippen LogP contribution in [-0.2, 0) is 6.54 Å². The maximum Gasteiger partial charge on any atom is 0.255 e. The molecule has 0 saturated heterocycles. The summed E-state index contributed by atoms with van der Waals surface area (Å²) in [7, 11) is 1.82. The molecule has 0 fully saturated rings. The number of nitrogens with two attached hydrogens (primary N) is 1. The quantitative estimate of drug-likeness (QED) is 0.400. The monoisotopic (exact) mass is 362 g/mol. The molecule has 0 bridgehead atoms. The largest absolute Gasteiger partial charge is 0.397 e. The summed E-state index contributed by atoms with van der Waals surface area (Å²) < 4.78 is 1.84. The Morgan fingerprint density at radius 1 is 1.37 bits per heavy atom. The number of nitrogen functional groups attached to an aromatic ring is 1. The van der Waals surface area contributed by atoms with E-state index in [2.05, 4.69) is 22.2 Å². The second-order valence-electron chi connectivity index (χ2n) is 6.33. The zero-order valence-corrected chi connectivity index (χ0v) is 15.4. The van der Waals surface area contributed by atoms with Crippen molar-refractivity contribution in [2.24, 2.45) is 5.10 Å². The van der Waals surface area contributed by atoms with Gasteiger partial charge in [-0.3, -0.25) is 14.5 Å². The molecule has 3 rings (SSSR count). The van der Waals surface area contributed by atoms with Gasteiger partial charge in [-0.15, -0.1) is 0 Å². The number of hydrogen-bond acceptors (Lipinski definition) is 5. The van der Waals surface area contributed by atoms with Gasteiger partial charge in [0.25, 0.3) is 5.91 Å². The molecule has 1 heterocycles. The molecule has 27 heavy (non-hydrogen) atoms. The predicted octanol–water partition coefficient (Wildman–Crippen LogP) is 3.32. The lowest BCUT2D eigenvalue weighted by molar-refractivity contribution is 0.102. The van der Waals surface area contributed by atoms with Gasteiger partial charge in [0.05, 0.1) is 23.4 Å². The van der Waals surface area contributed by atoms with Crippen LogP contribution in [-0.4, -0.2) is 34.5 Å². The van der Waals surface area contributed by atoms with Crippen molar-refractivity contribution < 1.29 is 4.79 Å². The van der Waals surface area contributed by atoms with Crippen molar-refractivity contribution in [3.05, 3.63) is 66.0 Å². The fraction of sp³-hybridized carbons (Fsp3) is 0.150. The summed E-state index contributed by atoms with van der Waals surface area (Å²) >= 11 is 0. The molecule has 138 valence electrons. The highest BCUT2D eigenvalue weighted by Crippen LogP contribution is 2.20. The van der Waals surface area contributed by atoms with Crippen LogP contribution in [0.25, 0.3) is 10.9 Å². The molecule has 0 radical (unpaired) electrons. The van der Waals surface area contributed by atoms with Crippen molar-refractivity contribution in [2.75, 3.05) is 18.1 Å². The number of benzene rings is 2. The van der Waals surface area contributed by atoms with Gasteiger partial charge in [-0.25, -0.2) is 0 Å². The molecule has 1 amide bonds. The second-order valence-corrected chi connectivity index (χ2v) is 6.33. The van der Waals surface area contributed by atoms with Crippen LogP contribution in [0.2, 0.25) is 0 Å². The Morgan fingerprint density at radius 3 is 2.89 bits per heavy atom. The summed E-state index contributed by atoms with van der Waals surface area (Å²) in [5.74, 6) is -0.211. The first kappa shape index (κ1) is 18.2. The number of aromatic nitrogens is 2. The standard InChI is InChI=1S/C20H22N6O/c1-14(11-25(3)22-2)12-26-13-16-10-15(8-9-18(16)24-26)20(27)23-19-7-5-4-6-17(19)21/h4-11,13H,2,12,21H2,1,3H3,(H,23,27)/b14-11+. The third-order valence-corrected chi connectivity index (χ3v) is 4.06. The zero-order valence-electron chi connectivity index (χ0n) is 15.4. The number of carbonyl (C=O) groups excluding carboxylic acids is 1. The van der Waals surface area contributed by atoms with Gasteiger partial charge in [0.1, 0.15) is 0 Å². The molecule has 0 atom stereocenters. The van der Waals surface area contributed by atoms with Crippen LogP contribution in [0.4, 0.5) is 11.4 Å². The number of carbonyl (C=O) groups is 1. The molecule has 0 spiro atoms. The zero-order chi connectivity index (χ0) is 19.4. The average Bonchev–Trinajstić information content (AvgIpc) is 3.04. The van der Waals surface area contributed by atoms with Gasteiger partial charge in [-0.2, -0.15) is 10.2 Å². The van der Waals surface area contributed by atoms with Crippen molar-refractivity contribution in [3.63, 3.8) is 0 Å². The van der Waals surface area contributed by atoms with Crippen LogP contribution in [0.1, 0.15) is 17.3 Å². The summed E-state index contributed by atoms with van der Waals surface area (Å²) in [4.78, 5) is 12.5. The highest BCUT2D eigenvalue weighted by Gasteiger charge is 2.10. The van der Waals surface area contributed by atoms with Gasteiger partial charge in [0.15, 0.2) is 0 Å². The molecule has 0 aliphatic carbocycles. The Kier molecular flexibility index (Phi) is 5.21. The highest BCUT2D eigenvalue weighted by atomic mass is 16.1. The number of allylic oxidation sites excluding steroid dienone is 1. The molecule has 3 aromatic rings. The van der Waals surface area contributed by atoms with E-state index in [9.17, 15) is 4.79 Å². The first-order valence-electron chi connectivity index (χ1n) is 8.46. The molecular formula is C20H22N6O. The number of rotatable bonds is 6. The fourth-order valence-electron chi connectivity index (χ4n) is 2.76. The van der Waals surface area contributed by atoms with Crippen LogP contribution in [0, 0.1) is 0 Å². The third-order valence-electron chi connectivity index (χ3n) is 4.06. The van der Waals surface area contributed by atoms with E-state index in [1.165, 1.54) is 0 Å². The maximum atomic E-state index is 12.5. The minimum Gasteiger partial charge on any atom is -0.397 e. The maximum absolute atomic E-state index is 12.5. The summed E-state index contributed by atoms with van der Waals surface area (Å²) in [6, 6.07) is 12.6. The van der Waals surface area contributed by atoms with Gasteiger partial charge >= 0.3 is 0 Å². The Labute approximate surface area is 157 Å². The molecule has 0 aliphatic rings. The average molecular weight is 362 g/mol. The summed E-state index contributed by atoms with van der Waals surface area (Å²) in [6.07, 6.45) is 3.81. The van der Waals surface area contributed by atoms with Crippen molar-refractivity contribution in [2.45, 2.75) is 13.5 Å². The van der Waals surface area contributed by atoms with E-state index in [1.54, 1.807) is 23.2 Å². The summed E-state index contributed by atoms with van der Waals surface area (Å²) in [5, 5.41) is 13.7. The lowest BCUT2D eigenvalue weighted by atomic mass is 10.1. The first-order chi connectivity index (χ1) is 13.0. The van der Waals surface area contributed by atoms with E-state index in [1.807, 2.05) is 55.3 Å². The Morgan fingerprint density at radius 2 is 2.15 bits per heavy atom. The molecule has 7 heteroatoms. The number of amides is 1. The van der Waals surface area contributed by atoms with Crippen LogP contribution >= 0.6 is 0 Å². The molecule has 0 aliphatic heterocycles. The number of hydrogen-bond donors (Lipinski definition) is 2. The Balaban J connectivity index is 1.79. The van der Waals surface area contributed by atoms with E-state index in [4.69, 9.17) is 5.73 Å². The molecule has 7 nitrogen and oxygen atoms in total. The lowest BCUT2D eigenvalue weighted by Gasteiger charge is -2.08. The second kappa shape index (κ2) is 7.74. The fourth-order valence-corrected chi connectivity index (χ4v) is 2.76. The number of fused-ring (bicyclic) bond motifs is 1. The normalized spacial score (nSPS) is 11.4. The number of hydrazone groups is 1. The SMILES string of the molecule is C=NN(C)/C=C(\C)Cn1cc2cc(C(=O)Nc3ccccc3N)ccc2n1.